The van der Waals surface area contributed by atoms with Crippen molar-refractivity contribution < 1.29 is 23.1 Å². The summed E-state index contributed by atoms with van der Waals surface area (Å²) in [7, 11) is 0. The third-order valence-electron chi connectivity index (χ3n) is 2.71. The Bertz CT molecular complexity index is 494. The molecule has 0 aromatic heterocycles. The SMILES string of the molecule is O=C1CC(C(=O)Nc2ccccc2OC(F)F)CN1. The highest BCUT2D eigenvalue weighted by Gasteiger charge is 2.28. The molecule has 1 aliphatic rings. The van der Waals surface area contributed by atoms with Gasteiger partial charge in [0.05, 0.1) is 11.6 Å². The Hall–Kier alpha value is -2.18. The van der Waals surface area contributed by atoms with Gasteiger partial charge in [-0.05, 0) is 12.1 Å². The summed E-state index contributed by atoms with van der Waals surface area (Å²) in [4.78, 5) is 22.9. The first-order valence-electron chi connectivity index (χ1n) is 5.67. The predicted octanol–water partition coefficient (Wildman–Crippen LogP) is 1.36. The van der Waals surface area contributed by atoms with Crippen LogP contribution in [-0.4, -0.2) is 25.0 Å². The molecule has 0 radical (unpaired) electrons. The van der Waals surface area contributed by atoms with Gasteiger partial charge in [-0.1, -0.05) is 12.1 Å². The lowest BCUT2D eigenvalue weighted by molar-refractivity contribution is -0.123. The smallest absolute Gasteiger partial charge is 0.387 e. The number of alkyl halides is 2. The summed E-state index contributed by atoms with van der Waals surface area (Å²) in [6, 6.07) is 5.90. The van der Waals surface area contributed by atoms with Crippen LogP contribution < -0.4 is 15.4 Å². The van der Waals surface area contributed by atoms with Crippen molar-refractivity contribution in [1.29, 1.82) is 0 Å². The molecule has 1 aliphatic heterocycles. The molecule has 1 fully saturated rings. The number of nitrogens with one attached hydrogen (secondary N) is 2. The number of hydrogen-bond donors (Lipinski definition) is 2. The van der Waals surface area contributed by atoms with Gasteiger partial charge in [-0.15, -0.1) is 0 Å². The van der Waals surface area contributed by atoms with Gasteiger partial charge in [0.25, 0.3) is 0 Å². The fourth-order valence-corrected chi connectivity index (χ4v) is 1.79. The van der Waals surface area contributed by atoms with Gasteiger partial charge >= 0.3 is 6.61 Å². The molecule has 2 rings (SSSR count). The van der Waals surface area contributed by atoms with Crippen molar-refractivity contribution in [3.8, 4) is 5.75 Å². The van der Waals surface area contributed by atoms with E-state index in [1.165, 1.54) is 18.2 Å². The van der Waals surface area contributed by atoms with Gasteiger partial charge < -0.3 is 15.4 Å². The summed E-state index contributed by atoms with van der Waals surface area (Å²) in [5.74, 6) is -1.20. The standard InChI is InChI=1S/C12H12F2N2O3/c13-12(14)19-9-4-2-1-3-8(9)16-11(18)7-5-10(17)15-6-7/h1-4,7,12H,5-6H2,(H,15,17)(H,16,18). The molecule has 1 heterocycles. The van der Waals surface area contributed by atoms with Crippen LogP contribution >= 0.6 is 0 Å². The van der Waals surface area contributed by atoms with E-state index < -0.39 is 18.4 Å². The number of para-hydroxylation sites is 2. The Kier molecular flexibility index (Phi) is 3.94. The van der Waals surface area contributed by atoms with E-state index in [9.17, 15) is 18.4 Å². The average molecular weight is 270 g/mol. The van der Waals surface area contributed by atoms with Crippen LogP contribution in [0.25, 0.3) is 0 Å². The molecule has 1 atom stereocenters. The first-order valence-corrected chi connectivity index (χ1v) is 5.67. The average Bonchev–Trinajstić information content (AvgIpc) is 2.78. The minimum absolute atomic E-state index is 0.101. The highest BCUT2D eigenvalue weighted by molar-refractivity contribution is 5.98. The molecule has 0 bridgehead atoms. The lowest BCUT2D eigenvalue weighted by Crippen LogP contribution is -2.25. The highest BCUT2D eigenvalue weighted by Crippen LogP contribution is 2.26. The van der Waals surface area contributed by atoms with Gasteiger partial charge in [-0.25, -0.2) is 0 Å². The van der Waals surface area contributed by atoms with Crippen LogP contribution in [0.2, 0.25) is 0 Å². The number of hydrogen-bond acceptors (Lipinski definition) is 3. The molecule has 19 heavy (non-hydrogen) atoms. The number of carbonyl (C=O) groups is 2. The Morgan fingerprint density at radius 2 is 2.16 bits per heavy atom. The van der Waals surface area contributed by atoms with E-state index in [0.29, 0.717) is 0 Å². The second kappa shape index (κ2) is 5.64. The fourth-order valence-electron chi connectivity index (χ4n) is 1.79. The number of carbonyl (C=O) groups excluding carboxylic acids is 2. The predicted molar refractivity (Wildman–Crippen MR) is 62.8 cm³/mol. The summed E-state index contributed by atoms with van der Waals surface area (Å²) in [6.45, 7) is -2.71. The number of benzene rings is 1. The van der Waals surface area contributed by atoms with Crippen LogP contribution in [0.5, 0.6) is 5.75 Å². The van der Waals surface area contributed by atoms with E-state index in [4.69, 9.17) is 0 Å². The Labute approximate surface area is 107 Å². The molecule has 2 amide bonds. The molecule has 1 unspecified atom stereocenters. The van der Waals surface area contributed by atoms with Crippen LogP contribution in [0.15, 0.2) is 24.3 Å². The van der Waals surface area contributed by atoms with E-state index in [1.807, 2.05) is 0 Å². The quantitative estimate of drug-likeness (QED) is 0.868. The van der Waals surface area contributed by atoms with Crippen LogP contribution in [0.1, 0.15) is 6.42 Å². The first-order chi connectivity index (χ1) is 9.06. The molecule has 1 saturated heterocycles. The zero-order valence-electron chi connectivity index (χ0n) is 9.86. The lowest BCUT2D eigenvalue weighted by atomic mass is 10.1. The van der Waals surface area contributed by atoms with Crippen LogP contribution in [-0.2, 0) is 9.59 Å². The first kappa shape index (κ1) is 13.3. The topological polar surface area (TPSA) is 67.4 Å². The summed E-state index contributed by atoms with van der Waals surface area (Å²) < 4.78 is 28.7. The van der Waals surface area contributed by atoms with Gasteiger partial charge in [0.2, 0.25) is 11.8 Å². The molecule has 2 N–H and O–H groups in total. The summed E-state index contributed by atoms with van der Waals surface area (Å²) >= 11 is 0. The summed E-state index contributed by atoms with van der Waals surface area (Å²) in [5, 5.41) is 5.02. The lowest BCUT2D eigenvalue weighted by Gasteiger charge is -2.13. The molecular weight excluding hydrogens is 258 g/mol. The van der Waals surface area contributed by atoms with Crippen molar-refractivity contribution in [3.63, 3.8) is 0 Å². The van der Waals surface area contributed by atoms with Gasteiger partial charge in [0.1, 0.15) is 5.75 Å². The minimum atomic E-state index is -2.97. The number of ether oxygens (including phenoxy) is 1. The maximum Gasteiger partial charge on any atom is 0.387 e. The molecule has 5 nitrogen and oxygen atoms in total. The largest absolute Gasteiger partial charge is 0.433 e. The van der Waals surface area contributed by atoms with Crippen LogP contribution in [0.3, 0.4) is 0 Å². The van der Waals surface area contributed by atoms with Crippen molar-refractivity contribution in [1.82, 2.24) is 5.32 Å². The maximum atomic E-state index is 12.2. The van der Waals surface area contributed by atoms with Gasteiger partial charge in [-0.3, -0.25) is 9.59 Å². The fraction of sp³-hybridized carbons (Fsp3) is 0.333. The second-order valence-electron chi connectivity index (χ2n) is 4.07. The minimum Gasteiger partial charge on any atom is -0.433 e. The third-order valence-corrected chi connectivity index (χ3v) is 2.71. The third kappa shape index (κ3) is 3.40. The summed E-state index contributed by atoms with van der Waals surface area (Å²) in [5.41, 5.74) is 0.159. The Morgan fingerprint density at radius 1 is 1.42 bits per heavy atom. The van der Waals surface area contributed by atoms with Crippen molar-refractivity contribution >= 4 is 17.5 Å². The molecule has 0 aliphatic carbocycles. The van der Waals surface area contributed by atoms with Crippen LogP contribution in [0.4, 0.5) is 14.5 Å². The number of anilines is 1. The van der Waals surface area contributed by atoms with E-state index in [1.54, 1.807) is 6.07 Å². The molecule has 0 saturated carbocycles. The molecule has 102 valence electrons. The Balaban J connectivity index is 2.06. The number of rotatable bonds is 4. The summed E-state index contributed by atoms with van der Waals surface area (Å²) in [6.07, 6.45) is 0.101. The van der Waals surface area contributed by atoms with E-state index in [0.717, 1.165) is 0 Å². The Morgan fingerprint density at radius 3 is 2.79 bits per heavy atom. The zero-order valence-corrected chi connectivity index (χ0v) is 9.86. The van der Waals surface area contributed by atoms with Crippen molar-refractivity contribution in [2.45, 2.75) is 13.0 Å². The zero-order chi connectivity index (χ0) is 13.8. The van der Waals surface area contributed by atoms with Gasteiger partial charge in [0, 0.05) is 13.0 Å². The number of halogens is 2. The van der Waals surface area contributed by atoms with Crippen LogP contribution in [0, 0.1) is 5.92 Å². The van der Waals surface area contributed by atoms with Crippen molar-refractivity contribution in [2.75, 3.05) is 11.9 Å². The van der Waals surface area contributed by atoms with E-state index in [2.05, 4.69) is 15.4 Å². The van der Waals surface area contributed by atoms with Crippen molar-refractivity contribution in [2.24, 2.45) is 5.92 Å². The maximum absolute atomic E-state index is 12.2. The molecule has 1 aromatic rings. The number of amides is 2. The van der Waals surface area contributed by atoms with Crippen molar-refractivity contribution in [3.05, 3.63) is 24.3 Å². The highest BCUT2D eigenvalue weighted by atomic mass is 19.3. The molecule has 0 spiro atoms. The van der Waals surface area contributed by atoms with E-state index >= 15 is 0 Å². The molecular formula is C12H12F2N2O3. The molecule has 7 heteroatoms. The monoisotopic (exact) mass is 270 g/mol. The molecule has 1 aromatic carbocycles. The van der Waals surface area contributed by atoms with Gasteiger partial charge in [0.15, 0.2) is 0 Å². The van der Waals surface area contributed by atoms with Gasteiger partial charge in [-0.2, -0.15) is 8.78 Å². The van der Waals surface area contributed by atoms with E-state index in [-0.39, 0.29) is 30.3 Å². The normalized spacial score (nSPS) is 18.3. The second-order valence-corrected chi connectivity index (χ2v) is 4.07.